The number of benzene rings is 2. The molecule has 3 aliphatic heterocycles. The summed E-state index contributed by atoms with van der Waals surface area (Å²) in [5, 5.41) is 13.0. The summed E-state index contributed by atoms with van der Waals surface area (Å²) in [6.07, 6.45) is 10.6. The van der Waals surface area contributed by atoms with Gasteiger partial charge in [0.05, 0.1) is 48.9 Å². The highest BCUT2D eigenvalue weighted by Gasteiger charge is 2.25. The Morgan fingerprint density at radius 2 is 2.08 bits per heavy atom. The molecule has 2 aromatic carbocycles. The zero-order valence-electron chi connectivity index (χ0n) is 22.6. The number of methoxy groups -OCH3 is 1. The van der Waals surface area contributed by atoms with Crippen molar-refractivity contribution in [2.45, 2.75) is 44.7 Å². The van der Waals surface area contributed by atoms with Crippen LogP contribution in [-0.2, 0) is 29.2 Å². The second kappa shape index (κ2) is 11.6. The van der Waals surface area contributed by atoms with E-state index in [1.165, 1.54) is 5.57 Å². The molecule has 2 atom stereocenters. The van der Waals surface area contributed by atoms with Gasteiger partial charge in [0.15, 0.2) is 5.88 Å². The maximum Gasteiger partial charge on any atom is 0.335 e. The number of carboxylic acids is 1. The number of allylic oxidation sites excluding steroid dienone is 2. The average Bonchev–Trinajstić information content (AvgIpc) is 3.30. The fourth-order valence-corrected chi connectivity index (χ4v) is 5.31. The van der Waals surface area contributed by atoms with Crippen molar-refractivity contribution in [3.63, 3.8) is 0 Å². The number of fused-ring (bicyclic) bond motifs is 1. The summed E-state index contributed by atoms with van der Waals surface area (Å²) in [7, 11) is 1.66. The minimum Gasteiger partial charge on any atom is -0.497 e. The van der Waals surface area contributed by atoms with E-state index in [9.17, 15) is 9.90 Å². The first kappa shape index (κ1) is 26.2. The maximum absolute atomic E-state index is 11.6. The number of aromatic nitrogens is 2. The van der Waals surface area contributed by atoms with Crippen molar-refractivity contribution in [3.05, 3.63) is 95.2 Å². The Kier molecular flexibility index (Phi) is 7.57. The van der Waals surface area contributed by atoms with Crippen LogP contribution in [0.3, 0.4) is 0 Å². The van der Waals surface area contributed by atoms with Crippen molar-refractivity contribution in [1.29, 1.82) is 0 Å². The van der Waals surface area contributed by atoms with E-state index in [2.05, 4.69) is 26.9 Å². The van der Waals surface area contributed by atoms with Gasteiger partial charge in [-0.05, 0) is 60.4 Å². The molecule has 208 valence electrons. The number of carbonyl (C=O) groups is 1. The first-order chi connectivity index (χ1) is 19.6. The van der Waals surface area contributed by atoms with Crippen LogP contribution in [0.2, 0.25) is 0 Å². The maximum atomic E-state index is 11.6. The van der Waals surface area contributed by atoms with Crippen LogP contribution in [0.4, 0.5) is 0 Å². The zero-order valence-corrected chi connectivity index (χ0v) is 22.6. The SMILES string of the molecule is COc1ccc(COC2=CC=CC(C3=CCN(Cc4nc5ccc(C(=O)O)cc5n4C[C@@H]4CCO4)CC3)N2)cc1. The fourth-order valence-electron chi connectivity index (χ4n) is 5.31. The topological polar surface area (TPSA) is 98.1 Å². The van der Waals surface area contributed by atoms with Crippen molar-refractivity contribution in [2.24, 2.45) is 0 Å². The molecule has 0 bridgehead atoms. The molecule has 0 aliphatic carbocycles. The van der Waals surface area contributed by atoms with Gasteiger partial charge in [-0.2, -0.15) is 0 Å². The Balaban J connectivity index is 1.09. The molecule has 0 spiro atoms. The van der Waals surface area contributed by atoms with Crippen molar-refractivity contribution < 1.29 is 24.1 Å². The van der Waals surface area contributed by atoms with E-state index >= 15 is 0 Å². The Morgan fingerprint density at radius 1 is 1.23 bits per heavy atom. The van der Waals surface area contributed by atoms with Crippen molar-refractivity contribution in [3.8, 4) is 5.75 Å². The van der Waals surface area contributed by atoms with Crippen LogP contribution in [0.5, 0.6) is 5.75 Å². The van der Waals surface area contributed by atoms with Gasteiger partial charge in [-0.3, -0.25) is 4.90 Å². The van der Waals surface area contributed by atoms with Crippen molar-refractivity contribution in [1.82, 2.24) is 19.8 Å². The summed E-state index contributed by atoms with van der Waals surface area (Å²) in [6, 6.07) is 13.1. The molecule has 3 aliphatic rings. The summed E-state index contributed by atoms with van der Waals surface area (Å²) in [5.41, 5.74) is 4.36. The van der Waals surface area contributed by atoms with E-state index in [-0.39, 0.29) is 17.7 Å². The number of dihydropyridines is 1. The normalized spacial score (nSPS) is 20.8. The van der Waals surface area contributed by atoms with Crippen LogP contribution in [0.25, 0.3) is 11.0 Å². The van der Waals surface area contributed by atoms with Crippen molar-refractivity contribution >= 4 is 17.0 Å². The van der Waals surface area contributed by atoms with Crippen molar-refractivity contribution in [2.75, 3.05) is 26.8 Å². The number of ether oxygens (including phenoxy) is 3. The van der Waals surface area contributed by atoms with Gasteiger partial charge in [0.1, 0.15) is 18.2 Å². The lowest BCUT2D eigenvalue weighted by molar-refractivity contribution is -0.0591. The number of nitrogens with one attached hydrogen (secondary N) is 1. The van der Waals surface area contributed by atoms with E-state index in [1.807, 2.05) is 36.4 Å². The third-order valence-electron chi connectivity index (χ3n) is 7.75. The number of hydrogen-bond donors (Lipinski definition) is 2. The monoisotopic (exact) mass is 542 g/mol. The number of imidazole rings is 1. The van der Waals surface area contributed by atoms with Crippen LogP contribution >= 0.6 is 0 Å². The highest BCUT2D eigenvalue weighted by molar-refractivity contribution is 5.92. The second-order valence-corrected chi connectivity index (χ2v) is 10.4. The number of carboxylic acid groups (broad SMARTS) is 1. The first-order valence-electron chi connectivity index (χ1n) is 13.7. The zero-order chi connectivity index (χ0) is 27.5. The van der Waals surface area contributed by atoms with Crippen LogP contribution < -0.4 is 10.1 Å². The highest BCUT2D eigenvalue weighted by atomic mass is 16.5. The lowest BCUT2D eigenvalue weighted by Gasteiger charge is -2.31. The smallest absolute Gasteiger partial charge is 0.335 e. The molecule has 0 amide bonds. The van der Waals surface area contributed by atoms with E-state index in [1.54, 1.807) is 25.3 Å². The summed E-state index contributed by atoms with van der Waals surface area (Å²) in [6.45, 7) is 4.37. The molecule has 4 heterocycles. The molecule has 9 nitrogen and oxygen atoms in total. The molecule has 2 N–H and O–H groups in total. The molecule has 1 fully saturated rings. The molecule has 9 heteroatoms. The predicted molar refractivity (Wildman–Crippen MR) is 151 cm³/mol. The number of hydrogen-bond acceptors (Lipinski definition) is 7. The van der Waals surface area contributed by atoms with Gasteiger partial charge in [0.25, 0.3) is 0 Å². The number of rotatable bonds is 10. The number of aromatic carboxylic acids is 1. The third kappa shape index (κ3) is 5.76. The van der Waals surface area contributed by atoms with Gasteiger partial charge in [-0.1, -0.05) is 30.4 Å². The van der Waals surface area contributed by atoms with E-state index in [0.29, 0.717) is 19.7 Å². The van der Waals surface area contributed by atoms with Crippen LogP contribution in [-0.4, -0.2) is 64.5 Å². The molecule has 0 radical (unpaired) electrons. The van der Waals surface area contributed by atoms with E-state index in [0.717, 1.165) is 66.6 Å². The average molecular weight is 543 g/mol. The lowest BCUT2D eigenvalue weighted by Crippen LogP contribution is -2.37. The van der Waals surface area contributed by atoms with E-state index in [4.69, 9.17) is 19.2 Å². The summed E-state index contributed by atoms with van der Waals surface area (Å²) in [5.74, 6) is 1.60. The minimum atomic E-state index is -0.931. The fraction of sp³-hybridized carbons (Fsp3) is 0.355. The Morgan fingerprint density at radius 3 is 2.77 bits per heavy atom. The molecule has 1 aromatic heterocycles. The molecule has 40 heavy (non-hydrogen) atoms. The molecular formula is C31H34N4O5. The summed E-state index contributed by atoms with van der Waals surface area (Å²) < 4.78 is 19.1. The second-order valence-electron chi connectivity index (χ2n) is 10.4. The number of nitrogens with zero attached hydrogens (tertiary/aromatic N) is 3. The predicted octanol–water partition coefficient (Wildman–Crippen LogP) is 4.25. The minimum absolute atomic E-state index is 0.104. The largest absolute Gasteiger partial charge is 0.497 e. The van der Waals surface area contributed by atoms with Gasteiger partial charge in [-0.25, -0.2) is 9.78 Å². The van der Waals surface area contributed by atoms with Gasteiger partial charge in [-0.15, -0.1) is 0 Å². The lowest BCUT2D eigenvalue weighted by atomic mass is 9.98. The molecular weight excluding hydrogens is 508 g/mol. The summed E-state index contributed by atoms with van der Waals surface area (Å²) >= 11 is 0. The Bertz CT molecular complexity index is 1470. The molecule has 1 unspecified atom stereocenters. The Hall–Kier alpha value is -4.08. The Labute approximate surface area is 233 Å². The van der Waals surface area contributed by atoms with Crippen LogP contribution in [0, 0.1) is 0 Å². The molecule has 0 saturated carbocycles. The highest BCUT2D eigenvalue weighted by Crippen LogP contribution is 2.25. The quantitative estimate of drug-likeness (QED) is 0.367. The van der Waals surface area contributed by atoms with Gasteiger partial charge >= 0.3 is 5.97 Å². The standard InChI is InChI=1S/C31H34N4O5/c1-38-24-8-5-21(6-9-24)20-40-30-4-2-3-26(33-30)22-11-14-34(15-12-22)19-29-32-27-10-7-23(31(36)37)17-28(27)35(29)18-25-13-16-39-25/h2-11,17,25-26,33H,12-16,18-20H2,1H3,(H,36,37)/t25-,26?/m0/s1. The van der Waals surface area contributed by atoms with Gasteiger partial charge in [0, 0.05) is 19.7 Å². The molecule has 1 saturated heterocycles. The first-order valence-corrected chi connectivity index (χ1v) is 13.7. The summed E-state index contributed by atoms with van der Waals surface area (Å²) in [4.78, 5) is 18.8. The van der Waals surface area contributed by atoms with Crippen LogP contribution in [0.1, 0.15) is 34.6 Å². The van der Waals surface area contributed by atoms with Crippen LogP contribution in [0.15, 0.2) is 78.2 Å². The molecule has 3 aromatic rings. The van der Waals surface area contributed by atoms with Gasteiger partial charge < -0.3 is 29.2 Å². The third-order valence-corrected chi connectivity index (χ3v) is 7.75. The van der Waals surface area contributed by atoms with Gasteiger partial charge in [0.2, 0.25) is 0 Å². The van der Waals surface area contributed by atoms with E-state index < -0.39 is 5.97 Å². The molecule has 6 rings (SSSR count).